The van der Waals surface area contributed by atoms with Crippen molar-refractivity contribution >= 4 is 5.78 Å². The van der Waals surface area contributed by atoms with Crippen molar-refractivity contribution in [2.75, 3.05) is 0 Å². The van der Waals surface area contributed by atoms with Crippen LogP contribution in [-0.4, -0.2) is 17.0 Å². The van der Waals surface area contributed by atoms with E-state index in [4.69, 9.17) is 0 Å². The fraction of sp³-hybridized carbons (Fsp3) is 0.900. The Bertz CT molecular complexity index is 234. The average molecular weight is 168 g/mol. The molecule has 0 spiro atoms. The van der Waals surface area contributed by atoms with Gasteiger partial charge in [-0.2, -0.15) is 0 Å². The highest BCUT2D eigenvalue weighted by molar-refractivity contribution is 5.90. The van der Waals surface area contributed by atoms with Gasteiger partial charge < -0.3 is 5.11 Å². The zero-order chi connectivity index (χ0) is 9.09. The SMILES string of the molecule is CC(C)[C@@]12C[C@@H]1[C@@H](C)C(=O)C2O. The van der Waals surface area contributed by atoms with Gasteiger partial charge in [0.1, 0.15) is 6.10 Å². The quantitative estimate of drug-likeness (QED) is 0.639. The van der Waals surface area contributed by atoms with Crippen LogP contribution in [-0.2, 0) is 4.79 Å². The standard InChI is InChI=1S/C10H16O2/c1-5(2)10-4-7(10)6(3)8(11)9(10)12/h5-7,9,12H,4H2,1-3H3/t6-,7-,9?,10+/m1/s1. The van der Waals surface area contributed by atoms with E-state index < -0.39 is 6.10 Å². The molecular weight excluding hydrogens is 152 g/mol. The second-order valence-corrected chi connectivity index (χ2v) is 4.67. The maximum Gasteiger partial charge on any atom is 0.164 e. The molecule has 0 aromatic rings. The number of carbonyl (C=O) groups is 1. The minimum atomic E-state index is -0.669. The van der Waals surface area contributed by atoms with Gasteiger partial charge in [0.15, 0.2) is 5.78 Å². The summed E-state index contributed by atoms with van der Waals surface area (Å²) in [6.45, 7) is 6.16. The van der Waals surface area contributed by atoms with Crippen molar-refractivity contribution < 1.29 is 9.90 Å². The number of fused-ring (bicyclic) bond motifs is 1. The topological polar surface area (TPSA) is 37.3 Å². The third-order valence-corrected chi connectivity index (χ3v) is 4.01. The Balaban J connectivity index is 2.30. The van der Waals surface area contributed by atoms with E-state index >= 15 is 0 Å². The van der Waals surface area contributed by atoms with Crippen LogP contribution in [0, 0.1) is 23.2 Å². The minimum absolute atomic E-state index is 0.0312. The van der Waals surface area contributed by atoms with Gasteiger partial charge in [-0.25, -0.2) is 0 Å². The van der Waals surface area contributed by atoms with Crippen LogP contribution in [0.3, 0.4) is 0 Å². The Labute approximate surface area is 73.0 Å². The van der Waals surface area contributed by atoms with Crippen molar-refractivity contribution in [3.63, 3.8) is 0 Å². The van der Waals surface area contributed by atoms with Crippen LogP contribution in [0.1, 0.15) is 27.2 Å². The molecule has 0 heterocycles. The van der Waals surface area contributed by atoms with Crippen LogP contribution < -0.4 is 0 Å². The lowest BCUT2D eigenvalue weighted by Gasteiger charge is -2.20. The molecule has 0 radical (unpaired) electrons. The summed E-state index contributed by atoms with van der Waals surface area (Å²) < 4.78 is 0. The van der Waals surface area contributed by atoms with Gasteiger partial charge in [-0.1, -0.05) is 20.8 Å². The lowest BCUT2D eigenvalue weighted by molar-refractivity contribution is -0.130. The Morgan fingerprint density at radius 3 is 2.42 bits per heavy atom. The zero-order valence-corrected chi connectivity index (χ0v) is 7.87. The van der Waals surface area contributed by atoms with E-state index in [-0.39, 0.29) is 17.1 Å². The molecule has 0 bridgehead atoms. The number of aliphatic hydroxyl groups is 1. The van der Waals surface area contributed by atoms with Gasteiger partial charge in [-0.15, -0.1) is 0 Å². The molecule has 1 N–H and O–H groups in total. The van der Waals surface area contributed by atoms with Gasteiger partial charge in [0.25, 0.3) is 0 Å². The summed E-state index contributed by atoms with van der Waals surface area (Å²) in [5, 5.41) is 9.75. The Morgan fingerprint density at radius 1 is 1.58 bits per heavy atom. The number of ketones is 1. The molecule has 2 aliphatic carbocycles. The maximum absolute atomic E-state index is 11.4. The summed E-state index contributed by atoms with van der Waals surface area (Å²) in [5.41, 5.74) is -0.0312. The molecule has 0 amide bonds. The van der Waals surface area contributed by atoms with Crippen molar-refractivity contribution in [3.8, 4) is 0 Å². The summed E-state index contributed by atoms with van der Waals surface area (Å²) in [6.07, 6.45) is 0.385. The predicted molar refractivity (Wildman–Crippen MR) is 45.6 cm³/mol. The highest BCUT2D eigenvalue weighted by Crippen LogP contribution is 2.68. The van der Waals surface area contributed by atoms with E-state index in [1.54, 1.807) is 0 Å². The van der Waals surface area contributed by atoms with Gasteiger partial charge in [0.05, 0.1) is 0 Å². The predicted octanol–water partition coefficient (Wildman–Crippen LogP) is 1.23. The molecule has 68 valence electrons. The van der Waals surface area contributed by atoms with E-state index in [9.17, 15) is 9.90 Å². The van der Waals surface area contributed by atoms with Crippen LogP contribution in [0.2, 0.25) is 0 Å². The monoisotopic (exact) mass is 168 g/mol. The molecule has 0 aromatic heterocycles. The number of rotatable bonds is 1. The molecule has 0 aliphatic heterocycles. The molecule has 0 aromatic carbocycles. The lowest BCUT2D eigenvalue weighted by Crippen LogP contribution is -2.31. The average Bonchev–Trinajstić information content (AvgIpc) is 2.71. The summed E-state index contributed by atoms with van der Waals surface area (Å²) >= 11 is 0. The Kier molecular flexibility index (Phi) is 1.45. The molecule has 12 heavy (non-hydrogen) atoms. The van der Waals surface area contributed by atoms with E-state index in [1.165, 1.54) is 0 Å². The van der Waals surface area contributed by atoms with Gasteiger partial charge in [0.2, 0.25) is 0 Å². The molecule has 2 nitrogen and oxygen atoms in total. The first kappa shape index (κ1) is 8.24. The van der Waals surface area contributed by atoms with E-state index in [2.05, 4.69) is 13.8 Å². The summed E-state index contributed by atoms with van der Waals surface area (Å²) in [5.74, 6) is 1.08. The Hall–Kier alpha value is -0.370. The van der Waals surface area contributed by atoms with Crippen molar-refractivity contribution in [1.29, 1.82) is 0 Å². The fourth-order valence-corrected chi connectivity index (χ4v) is 2.97. The number of hydrogen-bond acceptors (Lipinski definition) is 2. The molecule has 2 rings (SSSR count). The maximum atomic E-state index is 11.4. The largest absolute Gasteiger partial charge is 0.385 e. The van der Waals surface area contributed by atoms with Crippen LogP contribution >= 0.6 is 0 Å². The number of carbonyl (C=O) groups excluding carboxylic acids is 1. The van der Waals surface area contributed by atoms with E-state index in [0.29, 0.717) is 11.8 Å². The molecular formula is C10H16O2. The molecule has 1 unspecified atom stereocenters. The van der Waals surface area contributed by atoms with Crippen molar-refractivity contribution in [3.05, 3.63) is 0 Å². The van der Waals surface area contributed by atoms with Crippen LogP contribution in [0.5, 0.6) is 0 Å². The van der Waals surface area contributed by atoms with Crippen molar-refractivity contribution in [2.45, 2.75) is 33.3 Å². The van der Waals surface area contributed by atoms with Gasteiger partial charge >= 0.3 is 0 Å². The lowest BCUT2D eigenvalue weighted by atomic mass is 9.87. The van der Waals surface area contributed by atoms with Crippen LogP contribution in [0.4, 0.5) is 0 Å². The van der Waals surface area contributed by atoms with Crippen molar-refractivity contribution in [1.82, 2.24) is 0 Å². The summed E-state index contributed by atoms with van der Waals surface area (Å²) in [4.78, 5) is 11.4. The first-order valence-electron chi connectivity index (χ1n) is 4.73. The molecule has 2 heteroatoms. The van der Waals surface area contributed by atoms with E-state index in [1.807, 2.05) is 6.92 Å². The normalized spacial score (nSPS) is 51.4. The highest BCUT2D eigenvalue weighted by Gasteiger charge is 2.70. The third kappa shape index (κ3) is 0.674. The van der Waals surface area contributed by atoms with Crippen LogP contribution in [0.25, 0.3) is 0 Å². The molecule has 2 fully saturated rings. The highest BCUT2D eigenvalue weighted by atomic mass is 16.3. The summed E-state index contributed by atoms with van der Waals surface area (Å²) in [7, 11) is 0. The molecule has 2 aliphatic rings. The minimum Gasteiger partial charge on any atom is -0.385 e. The number of Topliss-reactive ketones (excluding diaryl/α,β-unsaturated/α-hetero) is 1. The smallest absolute Gasteiger partial charge is 0.164 e. The van der Waals surface area contributed by atoms with Crippen molar-refractivity contribution in [2.24, 2.45) is 23.2 Å². The second kappa shape index (κ2) is 2.11. The number of hydrogen-bond donors (Lipinski definition) is 1. The molecule has 0 saturated heterocycles. The van der Waals surface area contributed by atoms with Gasteiger partial charge in [-0.05, 0) is 18.3 Å². The summed E-state index contributed by atoms with van der Waals surface area (Å²) in [6, 6.07) is 0. The van der Waals surface area contributed by atoms with Crippen LogP contribution in [0.15, 0.2) is 0 Å². The second-order valence-electron chi connectivity index (χ2n) is 4.67. The van der Waals surface area contributed by atoms with Gasteiger partial charge in [-0.3, -0.25) is 4.79 Å². The first-order chi connectivity index (χ1) is 5.51. The molecule has 4 atom stereocenters. The molecule has 2 saturated carbocycles. The fourth-order valence-electron chi connectivity index (χ4n) is 2.97. The third-order valence-electron chi connectivity index (χ3n) is 4.01. The number of aliphatic hydroxyl groups excluding tert-OH is 1. The van der Waals surface area contributed by atoms with Gasteiger partial charge in [0, 0.05) is 11.3 Å². The van der Waals surface area contributed by atoms with E-state index in [0.717, 1.165) is 6.42 Å². The zero-order valence-electron chi connectivity index (χ0n) is 7.87. The Morgan fingerprint density at radius 2 is 2.17 bits per heavy atom. The first-order valence-corrected chi connectivity index (χ1v) is 4.73.